The molecule has 0 spiro atoms. The van der Waals surface area contributed by atoms with Crippen molar-refractivity contribution in [3.8, 4) is 11.3 Å². The van der Waals surface area contributed by atoms with Gasteiger partial charge in [0.05, 0.1) is 55.6 Å². The highest BCUT2D eigenvalue weighted by Crippen LogP contribution is 2.35. The van der Waals surface area contributed by atoms with Gasteiger partial charge in [-0.2, -0.15) is 5.10 Å². The lowest BCUT2D eigenvalue weighted by atomic mass is 10.0. The number of hydrogen-bond donors (Lipinski definition) is 1. The van der Waals surface area contributed by atoms with Gasteiger partial charge in [-0.3, -0.25) is 14.4 Å². The molecule has 1 amide bonds. The third kappa shape index (κ3) is 4.14. The fourth-order valence-corrected chi connectivity index (χ4v) is 3.95. The van der Waals surface area contributed by atoms with Gasteiger partial charge in [-0.25, -0.2) is 9.97 Å². The number of carbonyl (C=O) groups excluding carboxylic acids is 1. The third-order valence-corrected chi connectivity index (χ3v) is 5.76. The number of morpholine rings is 1. The van der Waals surface area contributed by atoms with Gasteiger partial charge in [0, 0.05) is 38.4 Å². The SMILES string of the molecule is CN1C(=O)Cc2ccccc2-c2nc(Nc3cnn(CCN4CCOCC4)c3)ncc21. The minimum Gasteiger partial charge on any atom is -0.379 e. The summed E-state index contributed by atoms with van der Waals surface area (Å²) < 4.78 is 7.31. The van der Waals surface area contributed by atoms with E-state index in [1.165, 1.54) is 0 Å². The van der Waals surface area contributed by atoms with Crippen LogP contribution >= 0.6 is 0 Å². The van der Waals surface area contributed by atoms with E-state index in [4.69, 9.17) is 9.72 Å². The maximum Gasteiger partial charge on any atom is 0.231 e. The van der Waals surface area contributed by atoms with Crippen molar-refractivity contribution < 1.29 is 9.53 Å². The van der Waals surface area contributed by atoms with Gasteiger partial charge < -0.3 is 15.0 Å². The Morgan fingerprint density at radius 2 is 1.97 bits per heavy atom. The Labute approximate surface area is 180 Å². The monoisotopic (exact) mass is 419 g/mol. The molecular weight excluding hydrogens is 394 g/mol. The van der Waals surface area contributed by atoms with Crippen molar-refractivity contribution in [2.75, 3.05) is 50.1 Å². The van der Waals surface area contributed by atoms with E-state index in [1.807, 2.05) is 35.1 Å². The number of carbonyl (C=O) groups is 1. The van der Waals surface area contributed by atoms with Gasteiger partial charge >= 0.3 is 0 Å². The van der Waals surface area contributed by atoms with Crippen LogP contribution in [0.1, 0.15) is 5.56 Å². The van der Waals surface area contributed by atoms with E-state index in [1.54, 1.807) is 24.3 Å². The van der Waals surface area contributed by atoms with Crippen LogP contribution in [0.25, 0.3) is 11.3 Å². The standard InChI is InChI=1S/C22H25N7O2/c1-27-19-14-23-22(26-21(19)18-5-3-2-4-16(18)12-20(27)30)25-17-13-24-29(15-17)7-6-28-8-10-31-11-9-28/h2-5,13-15H,6-12H2,1H3,(H,23,25,26). The molecule has 0 radical (unpaired) electrons. The molecule has 5 rings (SSSR count). The second-order valence-corrected chi connectivity index (χ2v) is 7.79. The Balaban J connectivity index is 1.34. The third-order valence-electron chi connectivity index (χ3n) is 5.76. The average Bonchev–Trinajstić information content (AvgIpc) is 3.21. The fourth-order valence-electron chi connectivity index (χ4n) is 3.95. The first kappa shape index (κ1) is 19.7. The first-order valence-corrected chi connectivity index (χ1v) is 10.5. The summed E-state index contributed by atoms with van der Waals surface area (Å²) in [6.45, 7) is 5.28. The molecule has 2 aliphatic heterocycles. The molecule has 1 N–H and O–H groups in total. The van der Waals surface area contributed by atoms with E-state index < -0.39 is 0 Å². The van der Waals surface area contributed by atoms with Gasteiger partial charge in [0.2, 0.25) is 11.9 Å². The molecule has 9 heteroatoms. The van der Waals surface area contributed by atoms with Crippen molar-refractivity contribution in [2.24, 2.45) is 0 Å². The van der Waals surface area contributed by atoms with E-state index >= 15 is 0 Å². The summed E-state index contributed by atoms with van der Waals surface area (Å²) in [7, 11) is 1.77. The number of benzene rings is 1. The van der Waals surface area contributed by atoms with Crippen LogP contribution in [0.5, 0.6) is 0 Å². The summed E-state index contributed by atoms with van der Waals surface area (Å²) in [4.78, 5) is 25.7. The molecule has 9 nitrogen and oxygen atoms in total. The highest BCUT2D eigenvalue weighted by molar-refractivity contribution is 6.01. The lowest BCUT2D eigenvalue weighted by molar-refractivity contribution is -0.117. The molecule has 31 heavy (non-hydrogen) atoms. The number of fused-ring (bicyclic) bond motifs is 3. The number of rotatable bonds is 5. The summed E-state index contributed by atoms with van der Waals surface area (Å²) in [5.74, 6) is 0.501. The molecule has 2 aliphatic rings. The summed E-state index contributed by atoms with van der Waals surface area (Å²) in [6, 6.07) is 7.89. The normalized spacial score (nSPS) is 16.5. The Kier molecular flexibility index (Phi) is 5.35. The number of nitrogens with zero attached hydrogens (tertiary/aromatic N) is 6. The Morgan fingerprint density at radius 3 is 2.84 bits per heavy atom. The summed E-state index contributed by atoms with van der Waals surface area (Å²) in [5.41, 5.74) is 4.22. The van der Waals surface area contributed by atoms with Crippen LogP contribution in [0, 0.1) is 0 Å². The minimum atomic E-state index is 0.0250. The number of likely N-dealkylation sites (N-methyl/N-ethyl adjacent to an activating group) is 1. The van der Waals surface area contributed by atoms with Crippen LogP contribution in [0.4, 0.5) is 17.3 Å². The molecule has 1 saturated heterocycles. The molecule has 160 valence electrons. The van der Waals surface area contributed by atoms with Crippen LogP contribution in [0.2, 0.25) is 0 Å². The second kappa shape index (κ2) is 8.44. The number of ether oxygens (including phenoxy) is 1. The second-order valence-electron chi connectivity index (χ2n) is 7.79. The molecule has 3 aromatic rings. The summed E-state index contributed by atoms with van der Waals surface area (Å²) in [5, 5.41) is 7.69. The largest absolute Gasteiger partial charge is 0.379 e. The molecule has 0 atom stereocenters. The van der Waals surface area contributed by atoms with Gasteiger partial charge in [0.15, 0.2) is 0 Å². The Bertz CT molecular complexity index is 1090. The summed E-state index contributed by atoms with van der Waals surface area (Å²) >= 11 is 0. The molecule has 0 unspecified atom stereocenters. The van der Waals surface area contributed by atoms with Gasteiger partial charge in [-0.05, 0) is 5.56 Å². The molecule has 0 saturated carbocycles. The highest BCUT2D eigenvalue weighted by Gasteiger charge is 2.25. The van der Waals surface area contributed by atoms with E-state index in [2.05, 4.69) is 20.3 Å². The van der Waals surface area contributed by atoms with Crippen LogP contribution < -0.4 is 10.2 Å². The topological polar surface area (TPSA) is 88.4 Å². The molecular formula is C22H25N7O2. The van der Waals surface area contributed by atoms with Crippen molar-refractivity contribution in [3.63, 3.8) is 0 Å². The predicted molar refractivity (Wildman–Crippen MR) is 117 cm³/mol. The quantitative estimate of drug-likeness (QED) is 0.676. The Morgan fingerprint density at radius 1 is 1.13 bits per heavy atom. The zero-order valence-electron chi connectivity index (χ0n) is 17.5. The predicted octanol–water partition coefficient (Wildman–Crippen LogP) is 1.93. The Hall–Kier alpha value is -3.30. The van der Waals surface area contributed by atoms with Crippen molar-refractivity contribution in [1.82, 2.24) is 24.6 Å². The van der Waals surface area contributed by atoms with Gasteiger partial charge in [-0.15, -0.1) is 0 Å². The smallest absolute Gasteiger partial charge is 0.231 e. The number of hydrogen-bond acceptors (Lipinski definition) is 7. The molecule has 1 aromatic carbocycles. The molecule has 1 fully saturated rings. The van der Waals surface area contributed by atoms with Crippen LogP contribution in [0.3, 0.4) is 0 Å². The van der Waals surface area contributed by atoms with Crippen molar-refractivity contribution >= 4 is 23.2 Å². The van der Waals surface area contributed by atoms with Crippen LogP contribution in [-0.4, -0.2) is 70.5 Å². The highest BCUT2D eigenvalue weighted by atomic mass is 16.5. The minimum absolute atomic E-state index is 0.0250. The number of nitrogens with one attached hydrogen (secondary N) is 1. The van der Waals surface area contributed by atoms with E-state index in [-0.39, 0.29) is 5.91 Å². The maximum atomic E-state index is 12.5. The maximum absolute atomic E-state index is 12.5. The average molecular weight is 419 g/mol. The first-order chi connectivity index (χ1) is 15.2. The van der Waals surface area contributed by atoms with Gasteiger partial charge in [0.25, 0.3) is 0 Å². The van der Waals surface area contributed by atoms with Crippen molar-refractivity contribution in [3.05, 3.63) is 48.4 Å². The van der Waals surface area contributed by atoms with E-state index in [0.29, 0.717) is 18.1 Å². The molecule has 0 bridgehead atoms. The van der Waals surface area contributed by atoms with E-state index in [9.17, 15) is 4.79 Å². The van der Waals surface area contributed by atoms with Crippen molar-refractivity contribution in [2.45, 2.75) is 13.0 Å². The first-order valence-electron chi connectivity index (χ1n) is 10.5. The van der Waals surface area contributed by atoms with E-state index in [0.717, 1.165) is 61.9 Å². The van der Waals surface area contributed by atoms with Gasteiger partial charge in [-0.1, -0.05) is 24.3 Å². The van der Waals surface area contributed by atoms with Gasteiger partial charge in [0.1, 0.15) is 0 Å². The number of aromatic nitrogens is 4. The number of anilines is 3. The van der Waals surface area contributed by atoms with Crippen molar-refractivity contribution in [1.29, 1.82) is 0 Å². The number of amides is 1. The summed E-state index contributed by atoms with van der Waals surface area (Å²) in [6.07, 6.45) is 5.78. The lowest BCUT2D eigenvalue weighted by Gasteiger charge is -2.26. The van der Waals surface area contributed by atoms with Crippen LogP contribution in [-0.2, 0) is 22.5 Å². The molecule has 2 aromatic heterocycles. The zero-order valence-corrected chi connectivity index (χ0v) is 17.5. The lowest BCUT2D eigenvalue weighted by Crippen LogP contribution is -2.38. The molecule has 4 heterocycles. The fraction of sp³-hybridized carbons (Fsp3) is 0.364. The zero-order chi connectivity index (χ0) is 21.2. The molecule has 0 aliphatic carbocycles. The van der Waals surface area contributed by atoms with Crippen LogP contribution in [0.15, 0.2) is 42.9 Å².